The van der Waals surface area contributed by atoms with Crippen LogP contribution in [0.2, 0.25) is 10.0 Å². The Morgan fingerprint density at radius 2 is 1.67 bits per heavy atom. The minimum Gasteiger partial charge on any atom is -0.411 e. The number of hydrogen-bond acceptors (Lipinski definition) is 3. The van der Waals surface area contributed by atoms with Crippen LogP contribution in [0.1, 0.15) is 0 Å². The molecule has 18 heavy (non-hydrogen) atoms. The third-order valence-corrected chi connectivity index (χ3v) is 2.84. The lowest BCUT2D eigenvalue weighted by atomic mass is 10.3. The summed E-state index contributed by atoms with van der Waals surface area (Å²) in [5.41, 5.74) is 1.29. The molecule has 3 nitrogen and oxygen atoms in total. The molecule has 0 amide bonds. The summed E-state index contributed by atoms with van der Waals surface area (Å²) in [5, 5.41) is 1.24. The van der Waals surface area contributed by atoms with Crippen molar-refractivity contribution in [1.82, 2.24) is 4.98 Å². The average molecular weight is 280 g/mol. The van der Waals surface area contributed by atoms with Gasteiger partial charge >= 0.3 is 6.08 Å². The molecule has 0 unspecified atom stereocenters. The van der Waals surface area contributed by atoms with Gasteiger partial charge in [0.25, 0.3) is 0 Å². The maximum Gasteiger partial charge on any atom is 0.400 e. The van der Waals surface area contributed by atoms with Gasteiger partial charge in [-0.2, -0.15) is 4.98 Å². The standard InChI is InChI=1S/C13H7Cl2NO2/c14-8-1-4-10(5-2-8)17-13-16-11-6-3-9(15)7-12(11)18-13/h1-7H. The molecule has 2 aromatic carbocycles. The lowest BCUT2D eigenvalue weighted by Crippen LogP contribution is -1.82. The van der Waals surface area contributed by atoms with Gasteiger partial charge in [-0.05, 0) is 36.4 Å². The summed E-state index contributed by atoms with van der Waals surface area (Å²) in [5.74, 6) is 0.608. The third-order valence-electron chi connectivity index (χ3n) is 2.35. The van der Waals surface area contributed by atoms with Crippen LogP contribution in [0.5, 0.6) is 11.8 Å². The second kappa shape index (κ2) is 4.52. The van der Waals surface area contributed by atoms with Crippen LogP contribution in [0, 0.1) is 0 Å². The van der Waals surface area contributed by atoms with E-state index in [4.69, 9.17) is 32.4 Å². The summed E-state index contributed by atoms with van der Waals surface area (Å²) >= 11 is 11.6. The number of nitrogens with zero attached hydrogens (tertiary/aromatic N) is 1. The molecule has 90 valence electrons. The predicted octanol–water partition coefficient (Wildman–Crippen LogP) is 4.93. The molecule has 0 N–H and O–H groups in total. The summed E-state index contributed by atoms with van der Waals surface area (Å²) < 4.78 is 10.9. The van der Waals surface area contributed by atoms with Crippen molar-refractivity contribution in [2.45, 2.75) is 0 Å². The van der Waals surface area contributed by atoms with Crippen molar-refractivity contribution in [3.8, 4) is 11.8 Å². The number of hydrogen-bond donors (Lipinski definition) is 0. The predicted molar refractivity (Wildman–Crippen MR) is 70.5 cm³/mol. The molecule has 3 aromatic rings. The lowest BCUT2D eigenvalue weighted by molar-refractivity contribution is 0.343. The zero-order chi connectivity index (χ0) is 12.5. The summed E-state index contributed by atoms with van der Waals surface area (Å²) in [6.45, 7) is 0. The molecule has 3 rings (SSSR count). The van der Waals surface area contributed by atoms with E-state index in [-0.39, 0.29) is 6.08 Å². The fourth-order valence-corrected chi connectivity index (χ4v) is 1.81. The second-order valence-corrected chi connectivity index (χ2v) is 4.52. The average Bonchev–Trinajstić information content (AvgIpc) is 2.73. The van der Waals surface area contributed by atoms with Crippen LogP contribution in [0.25, 0.3) is 11.1 Å². The molecule has 1 heterocycles. The molecule has 0 saturated heterocycles. The fraction of sp³-hybridized carbons (Fsp3) is 0. The zero-order valence-electron chi connectivity index (χ0n) is 9.06. The molecule has 0 bridgehead atoms. The monoisotopic (exact) mass is 279 g/mol. The quantitative estimate of drug-likeness (QED) is 0.667. The van der Waals surface area contributed by atoms with E-state index in [1.54, 1.807) is 42.5 Å². The van der Waals surface area contributed by atoms with Gasteiger partial charge in [-0.15, -0.1) is 0 Å². The maximum absolute atomic E-state index is 5.86. The number of ether oxygens (including phenoxy) is 1. The van der Waals surface area contributed by atoms with E-state index in [2.05, 4.69) is 4.98 Å². The van der Waals surface area contributed by atoms with E-state index in [0.29, 0.717) is 26.9 Å². The number of benzene rings is 2. The van der Waals surface area contributed by atoms with Gasteiger partial charge in [-0.1, -0.05) is 23.2 Å². The number of fused-ring (bicyclic) bond motifs is 1. The summed E-state index contributed by atoms with van der Waals surface area (Å²) in [6.07, 6.45) is 0.176. The Balaban J connectivity index is 1.92. The maximum atomic E-state index is 5.86. The Morgan fingerprint density at radius 3 is 2.44 bits per heavy atom. The molecule has 0 aliphatic rings. The first-order valence-corrected chi connectivity index (χ1v) is 5.96. The van der Waals surface area contributed by atoms with Crippen LogP contribution < -0.4 is 4.74 Å². The summed E-state index contributed by atoms with van der Waals surface area (Å²) in [6, 6.07) is 12.2. The molecule has 0 aliphatic carbocycles. The first-order chi connectivity index (χ1) is 8.70. The van der Waals surface area contributed by atoms with Crippen molar-refractivity contribution >= 4 is 34.3 Å². The zero-order valence-corrected chi connectivity index (χ0v) is 10.6. The van der Waals surface area contributed by atoms with Crippen LogP contribution in [0.3, 0.4) is 0 Å². The SMILES string of the molecule is Clc1ccc(Oc2nc3ccc(Cl)cc3o2)cc1. The molecule has 0 saturated carbocycles. The van der Waals surface area contributed by atoms with E-state index >= 15 is 0 Å². The van der Waals surface area contributed by atoms with Gasteiger partial charge in [0.15, 0.2) is 5.58 Å². The Morgan fingerprint density at radius 1 is 0.944 bits per heavy atom. The van der Waals surface area contributed by atoms with Crippen molar-refractivity contribution in [3.63, 3.8) is 0 Å². The Kier molecular flexibility index (Phi) is 2.86. The van der Waals surface area contributed by atoms with Gasteiger partial charge in [0.05, 0.1) is 0 Å². The number of halogens is 2. The molecule has 0 fully saturated rings. The van der Waals surface area contributed by atoms with Gasteiger partial charge in [0.1, 0.15) is 11.3 Å². The van der Waals surface area contributed by atoms with Gasteiger partial charge in [0, 0.05) is 16.1 Å². The minimum atomic E-state index is 0.176. The number of aromatic nitrogens is 1. The van der Waals surface area contributed by atoms with Crippen molar-refractivity contribution in [2.75, 3.05) is 0 Å². The highest BCUT2D eigenvalue weighted by Gasteiger charge is 2.08. The minimum absolute atomic E-state index is 0.176. The number of oxazole rings is 1. The van der Waals surface area contributed by atoms with E-state index in [1.807, 2.05) is 0 Å². The summed E-state index contributed by atoms with van der Waals surface area (Å²) in [7, 11) is 0. The van der Waals surface area contributed by atoms with Crippen molar-refractivity contribution in [2.24, 2.45) is 0 Å². The Hall–Kier alpha value is -1.71. The van der Waals surface area contributed by atoms with Crippen molar-refractivity contribution < 1.29 is 9.15 Å². The molecular weight excluding hydrogens is 273 g/mol. The second-order valence-electron chi connectivity index (χ2n) is 3.65. The highest BCUT2D eigenvalue weighted by molar-refractivity contribution is 6.31. The van der Waals surface area contributed by atoms with Gasteiger partial charge in [0.2, 0.25) is 0 Å². The third kappa shape index (κ3) is 2.28. The summed E-state index contributed by atoms with van der Waals surface area (Å²) in [4.78, 5) is 4.19. The van der Waals surface area contributed by atoms with E-state index < -0.39 is 0 Å². The smallest absolute Gasteiger partial charge is 0.400 e. The lowest BCUT2D eigenvalue weighted by Gasteiger charge is -1.99. The first-order valence-electron chi connectivity index (χ1n) is 5.20. The van der Waals surface area contributed by atoms with Crippen LogP contribution >= 0.6 is 23.2 Å². The number of rotatable bonds is 2. The molecule has 0 radical (unpaired) electrons. The Bertz CT molecular complexity index is 692. The largest absolute Gasteiger partial charge is 0.411 e. The molecule has 0 aliphatic heterocycles. The first kappa shape index (κ1) is 11.4. The van der Waals surface area contributed by atoms with Crippen molar-refractivity contribution in [3.05, 3.63) is 52.5 Å². The molecular formula is C13H7Cl2NO2. The molecule has 5 heteroatoms. The molecule has 1 aromatic heterocycles. The highest BCUT2D eigenvalue weighted by Crippen LogP contribution is 2.27. The van der Waals surface area contributed by atoms with Gasteiger partial charge in [-0.25, -0.2) is 0 Å². The Labute approximate surface area is 113 Å². The topological polar surface area (TPSA) is 35.3 Å². The van der Waals surface area contributed by atoms with E-state index in [1.165, 1.54) is 0 Å². The fourth-order valence-electron chi connectivity index (χ4n) is 1.52. The molecule has 0 spiro atoms. The van der Waals surface area contributed by atoms with Crippen LogP contribution in [-0.4, -0.2) is 4.98 Å². The molecule has 0 atom stereocenters. The van der Waals surface area contributed by atoms with Crippen LogP contribution in [0.15, 0.2) is 46.9 Å². The van der Waals surface area contributed by atoms with Crippen molar-refractivity contribution in [1.29, 1.82) is 0 Å². The van der Waals surface area contributed by atoms with Crippen LogP contribution in [-0.2, 0) is 0 Å². The van der Waals surface area contributed by atoms with Crippen LogP contribution in [0.4, 0.5) is 0 Å². The van der Waals surface area contributed by atoms with E-state index in [9.17, 15) is 0 Å². The normalized spacial score (nSPS) is 10.8. The highest BCUT2D eigenvalue weighted by atomic mass is 35.5. The van der Waals surface area contributed by atoms with E-state index in [0.717, 1.165) is 0 Å². The van der Waals surface area contributed by atoms with Gasteiger partial charge < -0.3 is 9.15 Å². The van der Waals surface area contributed by atoms with Gasteiger partial charge in [-0.3, -0.25) is 0 Å².